The summed E-state index contributed by atoms with van der Waals surface area (Å²) >= 11 is 6.63. The van der Waals surface area contributed by atoms with Gasteiger partial charge in [-0.15, -0.1) is 0 Å². The fourth-order valence-corrected chi connectivity index (χ4v) is 6.89. The maximum absolute atomic E-state index is 12.0. The van der Waals surface area contributed by atoms with Crippen molar-refractivity contribution < 1.29 is 32.5 Å². The molecule has 3 aromatic rings. The van der Waals surface area contributed by atoms with E-state index in [9.17, 15) is 18.3 Å². The molecule has 250 valence electrons. The predicted octanol–water partition coefficient (Wildman–Crippen LogP) is 5.80. The number of hydrogen-bond acceptors (Lipinski definition) is 9. The van der Waals surface area contributed by atoms with Gasteiger partial charge in [-0.05, 0) is 42.2 Å². The number of ether oxygens (including phenoxy) is 3. The molecule has 0 spiro atoms. The van der Waals surface area contributed by atoms with E-state index in [0.717, 1.165) is 43.3 Å². The summed E-state index contributed by atoms with van der Waals surface area (Å²) in [5.74, 6) is 0.541. The summed E-state index contributed by atoms with van der Waals surface area (Å²) in [6.07, 6.45) is 12.0. The Morgan fingerprint density at radius 3 is 2.60 bits per heavy atom. The van der Waals surface area contributed by atoms with Gasteiger partial charge >= 0.3 is 0 Å². The number of β-amino-alcohol motifs (C(OH)–C–C–N with tert-alkyl or cyclic N) is 1. The fraction of sp³-hybridized carbons (Fsp3) is 0.389. The van der Waals surface area contributed by atoms with Crippen LogP contribution < -0.4 is 9.47 Å². The standard InChI is InChI=1S/C36H41ClN2O7S/c1-35(2)31(27-9-5-4-6-10-27)11-7-13-36(35,46-16-8-14-39-15-12-29(41)22-39)25-45-34-19-33(28(23-40)18-32(34)37)44-24-26-17-30(21-38-20-26)47(3,42)43/h4-7,9-11,13,17-21,23,29,41H,8,12,14-16,22,24-25H2,1-3H3/t29?,36-/m0/s1. The van der Waals surface area contributed by atoms with E-state index in [4.69, 9.17) is 25.8 Å². The molecule has 2 aromatic carbocycles. The number of carbonyl (C=O) groups excluding carboxylic acids is 1. The van der Waals surface area contributed by atoms with Gasteiger partial charge in [-0.25, -0.2) is 8.42 Å². The van der Waals surface area contributed by atoms with Crippen molar-refractivity contribution in [3.63, 3.8) is 0 Å². The monoisotopic (exact) mass is 680 g/mol. The Morgan fingerprint density at radius 1 is 1.11 bits per heavy atom. The number of sulfone groups is 1. The molecule has 1 N–H and O–H groups in total. The average molecular weight is 681 g/mol. The van der Waals surface area contributed by atoms with Crippen LogP contribution in [0.5, 0.6) is 11.5 Å². The molecule has 0 bridgehead atoms. The molecule has 2 atom stereocenters. The lowest BCUT2D eigenvalue weighted by molar-refractivity contribution is -0.0926. The van der Waals surface area contributed by atoms with Crippen molar-refractivity contribution in [3.8, 4) is 11.5 Å². The van der Waals surface area contributed by atoms with Crippen LogP contribution in [-0.4, -0.2) is 80.5 Å². The first kappa shape index (κ1) is 34.8. The number of allylic oxidation sites excluding steroid dienone is 2. The van der Waals surface area contributed by atoms with Gasteiger partial charge in [0.1, 0.15) is 30.3 Å². The number of carbonyl (C=O) groups is 1. The number of aliphatic hydroxyl groups is 1. The molecular weight excluding hydrogens is 640 g/mol. The molecule has 5 rings (SSSR count). The van der Waals surface area contributed by atoms with E-state index >= 15 is 0 Å². The van der Waals surface area contributed by atoms with Crippen LogP contribution in [0.25, 0.3) is 5.57 Å². The van der Waals surface area contributed by atoms with Gasteiger partial charge in [-0.1, -0.05) is 67.9 Å². The van der Waals surface area contributed by atoms with Crippen molar-refractivity contribution in [1.29, 1.82) is 0 Å². The number of aromatic nitrogens is 1. The molecule has 1 aromatic heterocycles. The van der Waals surface area contributed by atoms with E-state index in [1.54, 1.807) is 6.07 Å². The van der Waals surface area contributed by atoms with Crippen LogP contribution >= 0.6 is 11.6 Å². The first-order chi connectivity index (χ1) is 22.4. The summed E-state index contributed by atoms with van der Waals surface area (Å²) in [6, 6.07) is 14.7. The van der Waals surface area contributed by atoms with Crippen LogP contribution in [0, 0.1) is 5.41 Å². The Kier molecular flexibility index (Phi) is 10.9. The van der Waals surface area contributed by atoms with Gasteiger partial charge in [0.05, 0.1) is 21.6 Å². The summed E-state index contributed by atoms with van der Waals surface area (Å²) in [5.41, 5.74) is 1.51. The lowest BCUT2D eigenvalue weighted by atomic mass is 9.65. The zero-order valence-corrected chi connectivity index (χ0v) is 28.5. The second kappa shape index (κ2) is 14.7. The maximum atomic E-state index is 12.0. The maximum Gasteiger partial charge on any atom is 0.177 e. The lowest BCUT2D eigenvalue weighted by Gasteiger charge is -2.47. The number of halogens is 1. The third kappa shape index (κ3) is 8.13. The van der Waals surface area contributed by atoms with Gasteiger partial charge in [-0.3, -0.25) is 9.78 Å². The number of benzene rings is 2. The summed E-state index contributed by atoms with van der Waals surface area (Å²) in [6.45, 7) is 7.21. The molecule has 0 saturated carbocycles. The number of nitrogens with zero attached hydrogens (tertiary/aromatic N) is 2. The molecule has 1 aliphatic heterocycles. The smallest absolute Gasteiger partial charge is 0.177 e. The van der Waals surface area contributed by atoms with Crippen molar-refractivity contribution in [2.45, 2.75) is 49.9 Å². The second-order valence-corrected chi connectivity index (χ2v) is 15.0. The Morgan fingerprint density at radius 2 is 1.89 bits per heavy atom. The summed E-state index contributed by atoms with van der Waals surface area (Å²) in [7, 11) is -3.45. The molecule has 2 heterocycles. The second-order valence-electron chi connectivity index (χ2n) is 12.6. The van der Waals surface area contributed by atoms with Gasteiger partial charge in [-0.2, -0.15) is 0 Å². The summed E-state index contributed by atoms with van der Waals surface area (Å²) in [5, 5.41) is 10.2. The Bertz CT molecular complexity index is 1740. The quantitative estimate of drug-likeness (QED) is 0.167. The largest absolute Gasteiger partial charge is 0.488 e. The molecule has 2 aliphatic rings. The fourth-order valence-electron chi connectivity index (χ4n) is 6.04. The SMILES string of the molecule is CC1(C)C(c2ccccc2)=CC=C[C@@]1(COc1cc(OCc2cncc(S(C)(=O)=O)c2)c(C=O)cc1Cl)OCCCN1CCC(O)C1. The Balaban J connectivity index is 1.37. The lowest BCUT2D eigenvalue weighted by Crippen LogP contribution is -2.52. The third-order valence-electron chi connectivity index (χ3n) is 8.90. The molecule has 1 aliphatic carbocycles. The van der Waals surface area contributed by atoms with Crippen LogP contribution in [0.1, 0.15) is 48.2 Å². The summed E-state index contributed by atoms with van der Waals surface area (Å²) in [4.78, 5) is 18.3. The highest BCUT2D eigenvalue weighted by molar-refractivity contribution is 7.90. The number of aliphatic hydroxyl groups excluding tert-OH is 1. The molecular formula is C36H41ClN2O7S. The molecule has 11 heteroatoms. The van der Waals surface area contributed by atoms with E-state index < -0.39 is 20.9 Å². The van der Waals surface area contributed by atoms with Crippen molar-refractivity contribution in [2.75, 3.05) is 39.1 Å². The zero-order chi connectivity index (χ0) is 33.7. The van der Waals surface area contributed by atoms with Crippen molar-refractivity contribution in [2.24, 2.45) is 5.41 Å². The van der Waals surface area contributed by atoms with Gasteiger partial charge in [0.2, 0.25) is 0 Å². The summed E-state index contributed by atoms with van der Waals surface area (Å²) < 4.78 is 43.1. The Hall–Kier alpha value is -3.54. The van der Waals surface area contributed by atoms with Crippen LogP contribution in [0.2, 0.25) is 5.02 Å². The first-order valence-corrected chi connectivity index (χ1v) is 17.9. The van der Waals surface area contributed by atoms with Crippen molar-refractivity contribution in [1.82, 2.24) is 9.88 Å². The van der Waals surface area contributed by atoms with Crippen molar-refractivity contribution >= 4 is 33.3 Å². The molecule has 1 saturated heterocycles. The van der Waals surface area contributed by atoms with E-state index in [0.29, 0.717) is 30.8 Å². The number of hydrogen-bond donors (Lipinski definition) is 1. The van der Waals surface area contributed by atoms with Crippen LogP contribution in [0.4, 0.5) is 0 Å². The van der Waals surface area contributed by atoms with Gasteiger partial charge in [0.15, 0.2) is 16.1 Å². The highest BCUT2D eigenvalue weighted by Crippen LogP contribution is 2.49. The minimum absolute atomic E-state index is 0.0274. The first-order valence-electron chi connectivity index (χ1n) is 15.6. The van der Waals surface area contributed by atoms with Gasteiger partial charge in [0, 0.05) is 61.9 Å². The average Bonchev–Trinajstić information content (AvgIpc) is 3.47. The molecule has 1 unspecified atom stereocenters. The van der Waals surface area contributed by atoms with E-state index in [1.807, 2.05) is 30.4 Å². The van der Waals surface area contributed by atoms with Crippen molar-refractivity contribution in [3.05, 3.63) is 101 Å². The number of pyridine rings is 1. The minimum Gasteiger partial charge on any atom is -0.488 e. The van der Waals surface area contributed by atoms with Gasteiger partial charge < -0.3 is 24.2 Å². The molecule has 47 heavy (non-hydrogen) atoms. The van der Waals surface area contributed by atoms with E-state index in [-0.39, 0.29) is 40.5 Å². The topological polar surface area (TPSA) is 115 Å². The molecule has 0 amide bonds. The highest BCUT2D eigenvalue weighted by atomic mass is 35.5. The minimum atomic E-state index is -3.45. The van der Waals surface area contributed by atoms with Crippen LogP contribution in [-0.2, 0) is 21.2 Å². The van der Waals surface area contributed by atoms with E-state index in [2.05, 4.69) is 41.9 Å². The van der Waals surface area contributed by atoms with E-state index in [1.165, 1.54) is 24.5 Å². The Labute approximate surface area is 281 Å². The zero-order valence-electron chi connectivity index (χ0n) is 26.9. The molecule has 0 radical (unpaired) electrons. The normalized spacial score (nSPS) is 21.0. The number of aldehydes is 1. The van der Waals surface area contributed by atoms with Crippen LogP contribution in [0.3, 0.4) is 0 Å². The molecule has 9 nitrogen and oxygen atoms in total. The van der Waals surface area contributed by atoms with Gasteiger partial charge in [0.25, 0.3) is 0 Å². The third-order valence-corrected chi connectivity index (χ3v) is 10.3. The highest BCUT2D eigenvalue weighted by Gasteiger charge is 2.49. The number of likely N-dealkylation sites (tertiary alicyclic amines) is 1. The molecule has 1 fully saturated rings. The number of rotatable bonds is 14. The van der Waals surface area contributed by atoms with Crippen LogP contribution in [0.15, 0.2) is 84.0 Å². The predicted molar refractivity (Wildman–Crippen MR) is 182 cm³/mol.